The van der Waals surface area contributed by atoms with Crippen molar-refractivity contribution >= 4 is 23.6 Å². The Morgan fingerprint density at radius 2 is 1.88 bits per heavy atom. The molecule has 7 nitrogen and oxygen atoms in total. The van der Waals surface area contributed by atoms with Crippen LogP contribution in [0, 0.1) is 5.82 Å². The second-order valence-corrected chi connectivity index (χ2v) is 9.54. The van der Waals surface area contributed by atoms with Crippen molar-refractivity contribution in [2.24, 2.45) is 0 Å². The van der Waals surface area contributed by atoms with E-state index >= 15 is 0 Å². The zero-order chi connectivity index (χ0) is 24.7. The number of rotatable bonds is 5. The van der Waals surface area contributed by atoms with Gasteiger partial charge in [0.1, 0.15) is 18.0 Å². The van der Waals surface area contributed by atoms with E-state index in [0.29, 0.717) is 24.5 Å². The third-order valence-electron chi connectivity index (χ3n) is 5.63. The number of nitrogens with zero attached hydrogens (tertiary/aromatic N) is 2. The Bertz CT molecular complexity index is 978. The molecular formula is C26H34FN3O4. The van der Waals surface area contributed by atoms with Crippen molar-refractivity contribution < 1.29 is 23.5 Å². The summed E-state index contributed by atoms with van der Waals surface area (Å²) in [5.74, 6) is -0.462. The number of anilines is 2. The van der Waals surface area contributed by atoms with Crippen molar-refractivity contribution in [1.82, 2.24) is 4.90 Å². The molecule has 1 atom stereocenters. The van der Waals surface area contributed by atoms with Crippen molar-refractivity contribution in [3.8, 4) is 0 Å². The van der Waals surface area contributed by atoms with Gasteiger partial charge in [-0.3, -0.25) is 5.32 Å². The minimum absolute atomic E-state index is 0.0563. The maximum absolute atomic E-state index is 15.0. The van der Waals surface area contributed by atoms with Gasteiger partial charge >= 0.3 is 12.2 Å². The molecule has 1 saturated heterocycles. The summed E-state index contributed by atoms with van der Waals surface area (Å²) >= 11 is 0. The number of nitrogens with one attached hydrogen (secondary N) is 1. The fraction of sp³-hybridized carbons (Fsp3) is 0.462. The number of likely N-dealkylation sites (tertiary alicyclic amines) is 1. The van der Waals surface area contributed by atoms with E-state index in [0.717, 1.165) is 24.8 Å². The van der Waals surface area contributed by atoms with Crippen LogP contribution in [0.5, 0.6) is 0 Å². The van der Waals surface area contributed by atoms with Gasteiger partial charge in [-0.1, -0.05) is 30.3 Å². The maximum Gasteiger partial charge on any atom is 0.411 e. The molecule has 0 aromatic heterocycles. The number of halogens is 1. The second-order valence-electron chi connectivity index (χ2n) is 9.54. The average Bonchev–Trinajstić information content (AvgIpc) is 3.04. The summed E-state index contributed by atoms with van der Waals surface area (Å²) in [6, 6.07) is 13.8. The third-order valence-corrected chi connectivity index (χ3v) is 5.63. The summed E-state index contributed by atoms with van der Waals surface area (Å²) in [6.45, 7) is 6.73. The second kappa shape index (κ2) is 11.2. The van der Waals surface area contributed by atoms with Crippen molar-refractivity contribution in [3.05, 3.63) is 59.9 Å². The molecule has 2 aromatic carbocycles. The van der Waals surface area contributed by atoms with E-state index < -0.39 is 17.5 Å². The molecule has 0 saturated carbocycles. The standard InChI is InChI=1S/C26H34FN3O4/c1-26(2,3)34-25(32)30-15-9-8-12-21(17-30)29(4)23-14-13-20(16-22(23)27)28-24(31)33-18-19-10-6-5-7-11-19/h5-7,10-11,13-14,16,21H,8-9,12,15,17-18H2,1-4H3,(H,28,31)/t21-/m0/s1. The summed E-state index contributed by atoms with van der Waals surface area (Å²) in [5, 5.41) is 2.56. The van der Waals surface area contributed by atoms with Crippen LogP contribution in [0.15, 0.2) is 48.5 Å². The molecule has 34 heavy (non-hydrogen) atoms. The number of ether oxygens (including phenoxy) is 2. The minimum Gasteiger partial charge on any atom is -0.444 e. The first-order valence-corrected chi connectivity index (χ1v) is 11.6. The Labute approximate surface area is 200 Å². The van der Waals surface area contributed by atoms with Crippen LogP contribution >= 0.6 is 0 Å². The monoisotopic (exact) mass is 471 g/mol. The molecule has 3 rings (SSSR count). The Hall–Kier alpha value is -3.29. The maximum atomic E-state index is 15.0. The van der Waals surface area contributed by atoms with Gasteiger partial charge in [-0.25, -0.2) is 14.0 Å². The molecule has 184 valence electrons. The van der Waals surface area contributed by atoms with E-state index in [1.165, 1.54) is 6.07 Å². The van der Waals surface area contributed by atoms with Gasteiger partial charge in [0, 0.05) is 31.9 Å². The van der Waals surface area contributed by atoms with Crippen LogP contribution in [-0.4, -0.2) is 48.9 Å². The van der Waals surface area contributed by atoms with Gasteiger partial charge in [-0.05, 0) is 63.8 Å². The van der Waals surface area contributed by atoms with E-state index in [1.54, 1.807) is 17.0 Å². The summed E-state index contributed by atoms with van der Waals surface area (Å²) in [7, 11) is 1.82. The predicted molar refractivity (Wildman–Crippen MR) is 130 cm³/mol. The summed E-state index contributed by atoms with van der Waals surface area (Å²) in [4.78, 5) is 28.2. The molecular weight excluding hydrogens is 437 g/mol. The van der Waals surface area contributed by atoms with Gasteiger partial charge in [-0.2, -0.15) is 0 Å². The van der Waals surface area contributed by atoms with Gasteiger partial charge in [0.25, 0.3) is 0 Å². The molecule has 1 aliphatic heterocycles. The van der Waals surface area contributed by atoms with E-state index in [9.17, 15) is 14.0 Å². The molecule has 0 spiro atoms. The highest BCUT2D eigenvalue weighted by atomic mass is 19.1. The fourth-order valence-corrected chi connectivity index (χ4v) is 3.87. The summed E-state index contributed by atoms with van der Waals surface area (Å²) in [6.07, 6.45) is 1.65. The van der Waals surface area contributed by atoms with Gasteiger partial charge in [0.05, 0.1) is 5.69 Å². The normalized spacial score (nSPS) is 16.4. The summed E-state index contributed by atoms with van der Waals surface area (Å²) < 4.78 is 25.7. The van der Waals surface area contributed by atoms with E-state index in [4.69, 9.17) is 9.47 Å². The van der Waals surface area contributed by atoms with Crippen LogP contribution in [0.4, 0.5) is 25.4 Å². The lowest BCUT2D eigenvalue weighted by atomic mass is 10.1. The van der Waals surface area contributed by atoms with Gasteiger partial charge < -0.3 is 19.3 Å². The fourth-order valence-electron chi connectivity index (χ4n) is 3.87. The first-order valence-electron chi connectivity index (χ1n) is 11.6. The largest absolute Gasteiger partial charge is 0.444 e. The Morgan fingerprint density at radius 3 is 2.56 bits per heavy atom. The van der Waals surface area contributed by atoms with Crippen LogP contribution < -0.4 is 10.2 Å². The van der Waals surface area contributed by atoms with Crippen molar-refractivity contribution in [1.29, 1.82) is 0 Å². The molecule has 1 aliphatic rings. The van der Waals surface area contributed by atoms with Crippen molar-refractivity contribution in [2.75, 3.05) is 30.4 Å². The van der Waals surface area contributed by atoms with Crippen LogP contribution in [-0.2, 0) is 16.1 Å². The SMILES string of the molecule is CN(c1ccc(NC(=O)OCc2ccccc2)cc1F)[C@H]1CCCCN(C(=O)OC(C)(C)C)C1. The number of carbonyl (C=O) groups excluding carboxylic acids is 2. The molecule has 0 unspecified atom stereocenters. The Balaban J connectivity index is 1.61. The number of hydrogen-bond donors (Lipinski definition) is 1. The average molecular weight is 472 g/mol. The highest BCUT2D eigenvalue weighted by molar-refractivity contribution is 5.85. The van der Waals surface area contributed by atoms with Crippen LogP contribution in [0.3, 0.4) is 0 Å². The lowest BCUT2D eigenvalue weighted by Crippen LogP contribution is -2.45. The number of amides is 2. The smallest absolute Gasteiger partial charge is 0.411 e. The van der Waals surface area contributed by atoms with Crippen LogP contribution in [0.1, 0.15) is 45.6 Å². The topological polar surface area (TPSA) is 71.1 Å². The number of hydrogen-bond acceptors (Lipinski definition) is 5. The third kappa shape index (κ3) is 7.37. The highest BCUT2D eigenvalue weighted by Gasteiger charge is 2.29. The lowest BCUT2D eigenvalue weighted by Gasteiger charge is -2.33. The molecule has 1 N–H and O–H groups in total. The molecule has 1 fully saturated rings. The van der Waals surface area contributed by atoms with E-state index in [1.807, 2.05) is 63.1 Å². The summed E-state index contributed by atoms with van der Waals surface area (Å²) in [5.41, 5.74) is 1.01. The first-order chi connectivity index (χ1) is 16.1. The van der Waals surface area contributed by atoms with Crippen molar-refractivity contribution in [3.63, 3.8) is 0 Å². The van der Waals surface area contributed by atoms with E-state index in [2.05, 4.69) is 5.32 Å². The molecule has 0 aliphatic carbocycles. The van der Waals surface area contributed by atoms with Crippen LogP contribution in [0.25, 0.3) is 0 Å². The molecule has 1 heterocycles. The molecule has 0 radical (unpaired) electrons. The lowest BCUT2D eigenvalue weighted by molar-refractivity contribution is 0.0249. The van der Waals surface area contributed by atoms with Gasteiger partial charge in [0.2, 0.25) is 0 Å². The quantitative estimate of drug-likeness (QED) is 0.597. The van der Waals surface area contributed by atoms with Crippen molar-refractivity contribution in [2.45, 2.75) is 58.3 Å². The zero-order valence-electron chi connectivity index (χ0n) is 20.3. The number of likely N-dealkylation sites (N-methyl/N-ethyl adjacent to an activating group) is 1. The zero-order valence-corrected chi connectivity index (χ0v) is 20.3. The Kier molecular flexibility index (Phi) is 8.36. The minimum atomic E-state index is -0.652. The van der Waals surface area contributed by atoms with Gasteiger partial charge in [-0.15, -0.1) is 0 Å². The highest BCUT2D eigenvalue weighted by Crippen LogP contribution is 2.27. The Morgan fingerprint density at radius 1 is 1.15 bits per heavy atom. The van der Waals surface area contributed by atoms with Gasteiger partial charge in [0.15, 0.2) is 0 Å². The first kappa shape index (κ1) is 25.3. The number of carbonyl (C=O) groups is 2. The molecule has 0 bridgehead atoms. The number of benzene rings is 2. The predicted octanol–water partition coefficient (Wildman–Crippen LogP) is 5.80. The molecule has 2 aromatic rings. The molecule has 8 heteroatoms. The van der Waals surface area contributed by atoms with E-state index in [-0.39, 0.29) is 18.7 Å². The van der Waals surface area contributed by atoms with Crippen LogP contribution in [0.2, 0.25) is 0 Å². The molecule has 2 amide bonds.